The number of hydrogen-bond acceptors (Lipinski definition) is 15. The Balaban J connectivity index is 1.44. The summed E-state index contributed by atoms with van der Waals surface area (Å²) in [6.45, 7) is 1.16. The summed E-state index contributed by atoms with van der Waals surface area (Å²) in [5.41, 5.74) is -0.155. The summed E-state index contributed by atoms with van der Waals surface area (Å²) < 4.78 is 107. The molecule has 56 heavy (non-hydrogen) atoms. The van der Waals surface area contributed by atoms with E-state index in [-0.39, 0.29) is 46.5 Å². The van der Waals surface area contributed by atoms with Gasteiger partial charge in [-0.2, -0.15) is 30.4 Å². The zero-order chi connectivity index (χ0) is 40.6. The maximum Gasteiger partial charge on any atom is 0.297 e. The van der Waals surface area contributed by atoms with Crippen LogP contribution in [0.1, 0.15) is 12.0 Å². The maximum absolute atomic E-state index is 12.7. The Morgan fingerprint density at radius 2 is 1.46 bits per heavy atom. The summed E-state index contributed by atoms with van der Waals surface area (Å²) in [5.74, 6) is -1.07. The molecule has 0 spiro atoms. The van der Waals surface area contributed by atoms with E-state index in [0.29, 0.717) is 22.9 Å². The van der Waals surface area contributed by atoms with E-state index in [1.807, 2.05) is 18.2 Å². The average Bonchev–Trinajstić information content (AvgIpc) is 3.57. The molecule has 5 N–H and O–H groups in total. The fourth-order valence-electron chi connectivity index (χ4n) is 5.43. The first kappa shape index (κ1) is 39.5. The van der Waals surface area contributed by atoms with Crippen LogP contribution in [0.4, 0.5) is 28.4 Å². The zero-order valence-electron chi connectivity index (χ0n) is 28.5. The number of aromatic amines is 1. The van der Waals surface area contributed by atoms with Gasteiger partial charge in [-0.15, -0.1) is 15.3 Å². The fraction of sp³-hybridized carbons (Fsp3) is 0.121. The lowest BCUT2D eigenvalue weighted by Gasteiger charge is -2.12. The highest BCUT2D eigenvalue weighted by molar-refractivity contribution is 7.86. The zero-order valence-corrected chi connectivity index (χ0v) is 30.9. The number of phenols is 1. The molecule has 0 aliphatic heterocycles. The summed E-state index contributed by atoms with van der Waals surface area (Å²) in [7, 11) is -14.4. The summed E-state index contributed by atoms with van der Waals surface area (Å²) in [6, 6.07) is 18.2. The Bertz CT molecular complexity index is 2950. The predicted molar refractivity (Wildman–Crippen MR) is 199 cm³/mol. The molecule has 0 bridgehead atoms. The third-order valence-corrected chi connectivity index (χ3v) is 10.6. The van der Waals surface area contributed by atoms with Gasteiger partial charge in [-0.25, -0.2) is 4.98 Å². The second-order valence-corrected chi connectivity index (χ2v) is 16.3. The molecule has 20 nitrogen and oxygen atoms in total. The SMILES string of the molecule is Cc1cc(N=Nc2c(S(=O)(=O)O)cc3c(ccc4nc(-c5ccccc5)[nH]c43)c2O)c(OCCCS(=O)(=O)O)cc1N=Nc1ccc([N+](=O)[O-])cc1S(=O)(=O)O. The van der Waals surface area contributed by atoms with Crippen LogP contribution in [0.5, 0.6) is 11.5 Å². The van der Waals surface area contributed by atoms with Gasteiger partial charge in [0.2, 0.25) is 0 Å². The third-order valence-electron chi connectivity index (χ3n) is 8.05. The highest BCUT2D eigenvalue weighted by Crippen LogP contribution is 2.45. The van der Waals surface area contributed by atoms with Crippen molar-refractivity contribution in [2.45, 2.75) is 23.1 Å². The van der Waals surface area contributed by atoms with Gasteiger partial charge < -0.3 is 14.8 Å². The molecule has 0 aliphatic rings. The highest BCUT2D eigenvalue weighted by Gasteiger charge is 2.25. The Hall–Kier alpha value is -6.24. The van der Waals surface area contributed by atoms with E-state index in [1.54, 1.807) is 18.2 Å². The molecule has 1 aromatic heterocycles. The monoisotopic (exact) mass is 825 g/mol. The van der Waals surface area contributed by atoms with Crippen molar-refractivity contribution in [3.8, 4) is 22.9 Å². The van der Waals surface area contributed by atoms with Gasteiger partial charge in [0.1, 0.15) is 38.4 Å². The van der Waals surface area contributed by atoms with Gasteiger partial charge in [-0.05, 0) is 49.2 Å². The van der Waals surface area contributed by atoms with Gasteiger partial charge in [0.15, 0.2) is 5.75 Å². The minimum Gasteiger partial charge on any atom is -0.505 e. The molecule has 5 aromatic carbocycles. The van der Waals surface area contributed by atoms with E-state index >= 15 is 0 Å². The van der Waals surface area contributed by atoms with Gasteiger partial charge in [-0.3, -0.25) is 23.8 Å². The summed E-state index contributed by atoms with van der Waals surface area (Å²) in [5, 5.41) is 38.7. The lowest BCUT2D eigenvalue weighted by Crippen LogP contribution is -2.08. The smallest absolute Gasteiger partial charge is 0.297 e. The van der Waals surface area contributed by atoms with Crippen LogP contribution < -0.4 is 4.74 Å². The molecular formula is C33H27N7O13S3. The van der Waals surface area contributed by atoms with Crippen molar-refractivity contribution >= 4 is 80.6 Å². The maximum atomic E-state index is 12.7. The van der Waals surface area contributed by atoms with Crippen molar-refractivity contribution in [1.82, 2.24) is 9.97 Å². The van der Waals surface area contributed by atoms with Gasteiger partial charge in [0, 0.05) is 34.5 Å². The molecule has 0 unspecified atom stereocenters. The van der Waals surface area contributed by atoms with Crippen molar-refractivity contribution in [3.63, 3.8) is 0 Å². The first-order valence-electron chi connectivity index (χ1n) is 15.8. The molecule has 0 amide bonds. The fourth-order valence-corrected chi connectivity index (χ4v) is 7.20. The van der Waals surface area contributed by atoms with Gasteiger partial charge in [0.25, 0.3) is 36.0 Å². The number of nitrogens with one attached hydrogen (secondary N) is 1. The number of aromatic hydroxyl groups is 1. The van der Waals surface area contributed by atoms with Crippen molar-refractivity contribution in [2.75, 3.05) is 12.4 Å². The molecule has 0 atom stereocenters. The summed E-state index contributed by atoms with van der Waals surface area (Å²) in [6.07, 6.45) is -0.215. The van der Waals surface area contributed by atoms with Crippen LogP contribution >= 0.6 is 0 Å². The van der Waals surface area contributed by atoms with Crippen molar-refractivity contribution < 1.29 is 53.7 Å². The van der Waals surface area contributed by atoms with E-state index in [4.69, 9.17) is 9.29 Å². The predicted octanol–water partition coefficient (Wildman–Crippen LogP) is 7.29. The molecule has 0 saturated carbocycles. The van der Waals surface area contributed by atoms with Crippen molar-refractivity contribution in [2.24, 2.45) is 20.5 Å². The quantitative estimate of drug-likeness (QED) is 0.0251. The largest absolute Gasteiger partial charge is 0.505 e. The van der Waals surface area contributed by atoms with E-state index in [0.717, 1.165) is 23.8 Å². The minimum atomic E-state index is -5.06. The topological polar surface area (TPSA) is 314 Å². The Morgan fingerprint density at radius 1 is 0.786 bits per heavy atom. The number of nitrogens with zero attached hydrogens (tertiary/aromatic N) is 6. The van der Waals surface area contributed by atoms with Crippen LogP contribution in [0.3, 0.4) is 0 Å². The van der Waals surface area contributed by atoms with Gasteiger partial charge in [0.05, 0.1) is 34.0 Å². The lowest BCUT2D eigenvalue weighted by atomic mass is 10.1. The first-order chi connectivity index (χ1) is 26.3. The summed E-state index contributed by atoms with van der Waals surface area (Å²) in [4.78, 5) is 16.2. The molecule has 1 heterocycles. The number of benzene rings is 5. The van der Waals surface area contributed by atoms with Crippen LogP contribution in [0.25, 0.3) is 33.2 Å². The van der Waals surface area contributed by atoms with Gasteiger partial charge in [-0.1, -0.05) is 30.3 Å². The van der Waals surface area contributed by atoms with Crippen LogP contribution in [0, 0.1) is 17.0 Å². The second kappa shape index (κ2) is 15.1. The van der Waals surface area contributed by atoms with Crippen LogP contribution in [-0.4, -0.2) is 71.3 Å². The number of ether oxygens (including phenoxy) is 1. The number of phenolic OH excluding ortho intramolecular Hbond substituents is 1. The first-order valence-corrected chi connectivity index (χ1v) is 20.3. The molecule has 0 radical (unpaired) electrons. The number of imidazole rings is 1. The molecule has 23 heteroatoms. The molecule has 6 aromatic rings. The van der Waals surface area contributed by atoms with E-state index in [1.165, 1.54) is 25.1 Å². The molecular weight excluding hydrogens is 799 g/mol. The molecule has 0 saturated heterocycles. The normalized spacial score (nSPS) is 12.6. The Kier molecular flexibility index (Phi) is 10.7. The molecule has 0 fully saturated rings. The number of nitro groups is 1. The van der Waals surface area contributed by atoms with E-state index < -0.39 is 73.6 Å². The standard InChI is InChI=1S/C33H27N7O13S3/c1-18-14-26(27(53-12-5-13-54(44,45)46)17-25(18)37-36-23-10-8-20(40(42)43)15-28(23)55(47,48)49)38-39-31-29(56(50,51)52)16-22-21(32(31)41)9-11-24-30(22)35-33(34-24)19-6-3-2-4-7-19/h2-4,6-11,14-17,41H,5,12-13H2,1H3,(H,34,35)(H,44,45,46)(H,47,48,49)(H,50,51,52). The molecule has 290 valence electrons. The number of aryl methyl sites for hydroxylation is 1. The van der Waals surface area contributed by atoms with Crippen molar-refractivity contribution in [1.29, 1.82) is 0 Å². The second-order valence-electron chi connectivity index (χ2n) is 11.9. The number of nitro benzene ring substituents is 1. The van der Waals surface area contributed by atoms with Gasteiger partial charge >= 0.3 is 0 Å². The Labute approximate surface area is 316 Å². The summed E-state index contributed by atoms with van der Waals surface area (Å²) >= 11 is 0. The molecule has 0 aliphatic carbocycles. The highest BCUT2D eigenvalue weighted by atomic mass is 32.2. The number of fused-ring (bicyclic) bond motifs is 3. The minimum absolute atomic E-state index is 0.0148. The number of H-pyrrole nitrogens is 1. The van der Waals surface area contributed by atoms with Crippen LogP contribution in [0.2, 0.25) is 0 Å². The average molecular weight is 826 g/mol. The van der Waals surface area contributed by atoms with E-state index in [9.17, 15) is 49.6 Å². The number of azo groups is 2. The number of rotatable bonds is 13. The van der Waals surface area contributed by atoms with Crippen molar-refractivity contribution in [3.05, 3.63) is 94.5 Å². The lowest BCUT2D eigenvalue weighted by molar-refractivity contribution is -0.385. The van der Waals surface area contributed by atoms with Crippen LogP contribution in [-0.2, 0) is 30.4 Å². The third kappa shape index (κ3) is 8.67. The number of non-ortho nitro benzene ring substituents is 1. The Morgan fingerprint density at radius 3 is 2.12 bits per heavy atom. The number of hydrogen-bond donors (Lipinski definition) is 5. The molecule has 6 rings (SSSR count). The van der Waals surface area contributed by atoms with Crippen LogP contribution in [0.15, 0.2) is 109 Å². The van der Waals surface area contributed by atoms with E-state index in [2.05, 4.69) is 30.4 Å². The number of aromatic nitrogens is 2.